The number of nitro benzene ring substituents is 1. The summed E-state index contributed by atoms with van der Waals surface area (Å²) < 4.78 is 5.42. The van der Waals surface area contributed by atoms with Crippen LogP contribution in [0.25, 0.3) is 0 Å². The fraction of sp³-hybridized carbons (Fsp3) is 0.562. The molecule has 1 aromatic rings. The molecule has 7 heteroatoms. The first-order valence-electron chi connectivity index (χ1n) is 7.71. The van der Waals surface area contributed by atoms with Crippen molar-refractivity contribution in [3.63, 3.8) is 0 Å². The highest BCUT2D eigenvalue weighted by atomic mass is 35.5. The van der Waals surface area contributed by atoms with Crippen molar-refractivity contribution in [2.45, 2.75) is 38.6 Å². The van der Waals surface area contributed by atoms with Crippen LogP contribution in [-0.4, -0.2) is 35.4 Å². The Labute approximate surface area is 140 Å². The number of nitro groups is 1. The van der Waals surface area contributed by atoms with E-state index in [-0.39, 0.29) is 35.0 Å². The third-order valence-corrected chi connectivity index (χ3v) is 4.70. The molecule has 1 aliphatic rings. The van der Waals surface area contributed by atoms with Gasteiger partial charge in [0.2, 0.25) is 0 Å². The number of halogens is 1. The van der Waals surface area contributed by atoms with Gasteiger partial charge in [0.25, 0.3) is 11.6 Å². The van der Waals surface area contributed by atoms with Crippen molar-refractivity contribution in [2.75, 3.05) is 13.7 Å². The van der Waals surface area contributed by atoms with Gasteiger partial charge in [-0.1, -0.05) is 18.5 Å². The number of nitrogens with zero attached hydrogens (tertiary/aromatic N) is 2. The van der Waals surface area contributed by atoms with Crippen LogP contribution in [0.3, 0.4) is 0 Å². The lowest BCUT2D eigenvalue weighted by atomic mass is 9.87. The van der Waals surface area contributed by atoms with E-state index in [4.69, 9.17) is 16.3 Å². The second-order valence-electron chi connectivity index (χ2n) is 6.08. The molecule has 6 nitrogen and oxygen atoms in total. The number of amides is 1. The van der Waals surface area contributed by atoms with E-state index in [2.05, 4.69) is 6.92 Å². The van der Waals surface area contributed by atoms with Gasteiger partial charge in [-0.25, -0.2) is 0 Å². The van der Waals surface area contributed by atoms with E-state index in [9.17, 15) is 14.9 Å². The third-order valence-electron chi connectivity index (χ3n) is 4.40. The Morgan fingerprint density at radius 3 is 2.61 bits per heavy atom. The molecule has 1 aromatic carbocycles. The zero-order valence-electron chi connectivity index (χ0n) is 13.3. The van der Waals surface area contributed by atoms with Gasteiger partial charge in [-0.05, 0) is 37.7 Å². The van der Waals surface area contributed by atoms with Crippen molar-refractivity contribution in [3.05, 3.63) is 33.3 Å². The zero-order chi connectivity index (χ0) is 17.0. The predicted octanol–water partition coefficient (Wildman–Crippen LogP) is 3.66. The van der Waals surface area contributed by atoms with Gasteiger partial charge in [-0.15, -0.1) is 0 Å². The maximum Gasteiger partial charge on any atom is 0.271 e. The molecule has 1 fully saturated rings. The highest BCUT2D eigenvalue weighted by molar-refractivity contribution is 6.32. The van der Waals surface area contributed by atoms with Crippen LogP contribution in [0.4, 0.5) is 5.69 Å². The van der Waals surface area contributed by atoms with E-state index < -0.39 is 4.92 Å². The SMILES string of the molecule is CC1CCC(N(C)C(=O)COc2ccc([N+](=O)[O-])cc2Cl)CC1. The number of benzene rings is 1. The molecule has 1 aliphatic carbocycles. The lowest BCUT2D eigenvalue weighted by molar-refractivity contribution is -0.384. The van der Waals surface area contributed by atoms with Gasteiger partial charge in [0.1, 0.15) is 5.75 Å². The molecule has 0 unspecified atom stereocenters. The molecule has 0 radical (unpaired) electrons. The highest BCUT2D eigenvalue weighted by Gasteiger charge is 2.25. The maximum absolute atomic E-state index is 12.2. The number of rotatable bonds is 5. The first-order chi connectivity index (χ1) is 10.9. The quantitative estimate of drug-likeness (QED) is 0.605. The minimum atomic E-state index is -0.529. The van der Waals surface area contributed by atoms with E-state index in [1.807, 2.05) is 0 Å². The predicted molar refractivity (Wildman–Crippen MR) is 87.8 cm³/mol. The molecule has 0 bridgehead atoms. The van der Waals surface area contributed by atoms with Gasteiger partial charge >= 0.3 is 0 Å². The van der Waals surface area contributed by atoms with Crippen LogP contribution in [0.5, 0.6) is 5.75 Å². The number of hydrogen-bond donors (Lipinski definition) is 0. The molecule has 0 aromatic heterocycles. The fourth-order valence-corrected chi connectivity index (χ4v) is 3.02. The Morgan fingerprint density at radius 1 is 1.39 bits per heavy atom. The van der Waals surface area contributed by atoms with Crippen LogP contribution >= 0.6 is 11.6 Å². The maximum atomic E-state index is 12.2. The Hall–Kier alpha value is -1.82. The number of ether oxygens (including phenoxy) is 1. The summed E-state index contributed by atoms with van der Waals surface area (Å²) in [5.74, 6) is 0.889. The summed E-state index contributed by atoms with van der Waals surface area (Å²) in [6.45, 7) is 2.11. The van der Waals surface area contributed by atoms with Crippen LogP contribution in [0.1, 0.15) is 32.6 Å². The average Bonchev–Trinajstić information content (AvgIpc) is 2.53. The second-order valence-corrected chi connectivity index (χ2v) is 6.49. The van der Waals surface area contributed by atoms with E-state index in [0.717, 1.165) is 31.6 Å². The smallest absolute Gasteiger partial charge is 0.271 e. The normalized spacial score (nSPS) is 20.8. The van der Waals surface area contributed by atoms with E-state index >= 15 is 0 Å². The molecule has 0 atom stereocenters. The molecular weight excluding hydrogens is 320 g/mol. The van der Waals surface area contributed by atoms with Crippen molar-refractivity contribution >= 4 is 23.2 Å². The third kappa shape index (κ3) is 4.58. The zero-order valence-corrected chi connectivity index (χ0v) is 14.1. The van der Waals surface area contributed by atoms with Crippen LogP contribution in [0, 0.1) is 16.0 Å². The number of carbonyl (C=O) groups is 1. The number of hydrogen-bond acceptors (Lipinski definition) is 4. The first kappa shape index (κ1) is 17.5. The van der Waals surface area contributed by atoms with Gasteiger partial charge in [-0.3, -0.25) is 14.9 Å². The summed E-state index contributed by atoms with van der Waals surface area (Å²) in [4.78, 5) is 24.1. The molecule has 0 heterocycles. The van der Waals surface area contributed by atoms with Crippen LogP contribution in [-0.2, 0) is 4.79 Å². The second kappa shape index (κ2) is 7.64. The summed E-state index contributed by atoms with van der Waals surface area (Å²) in [7, 11) is 1.80. The summed E-state index contributed by atoms with van der Waals surface area (Å²) >= 11 is 5.95. The van der Waals surface area contributed by atoms with Gasteiger partial charge in [0.05, 0.1) is 9.95 Å². The Bertz CT molecular complexity index is 585. The molecule has 23 heavy (non-hydrogen) atoms. The largest absolute Gasteiger partial charge is 0.482 e. The highest BCUT2D eigenvalue weighted by Crippen LogP contribution is 2.29. The summed E-state index contributed by atoms with van der Waals surface area (Å²) in [5.41, 5.74) is -0.109. The Morgan fingerprint density at radius 2 is 2.04 bits per heavy atom. The molecular formula is C16H21ClN2O4. The lowest BCUT2D eigenvalue weighted by Gasteiger charge is -2.33. The molecule has 126 valence electrons. The Balaban J connectivity index is 1.90. The standard InChI is InChI=1S/C16H21ClN2O4/c1-11-3-5-12(6-4-11)18(2)16(20)10-23-15-8-7-13(19(21)22)9-14(15)17/h7-9,11-12H,3-6,10H2,1-2H3. The Kier molecular flexibility index (Phi) is 5.82. The van der Waals surface area contributed by atoms with E-state index in [1.165, 1.54) is 18.2 Å². The van der Waals surface area contributed by atoms with Crippen molar-refractivity contribution in [3.8, 4) is 5.75 Å². The lowest BCUT2D eigenvalue weighted by Crippen LogP contribution is -2.41. The molecule has 2 rings (SSSR count). The number of non-ortho nitro benzene ring substituents is 1. The minimum Gasteiger partial charge on any atom is -0.482 e. The van der Waals surface area contributed by atoms with Crippen molar-refractivity contribution in [1.82, 2.24) is 4.90 Å². The van der Waals surface area contributed by atoms with Crippen LogP contribution < -0.4 is 4.74 Å². The van der Waals surface area contributed by atoms with Crippen molar-refractivity contribution in [1.29, 1.82) is 0 Å². The molecule has 0 aliphatic heterocycles. The van der Waals surface area contributed by atoms with Crippen molar-refractivity contribution in [2.24, 2.45) is 5.92 Å². The van der Waals surface area contributed by atoms with Gasteiger partial charge in [0, 0.05) is 25.2 Å². The van der Waals surface area contributed by atoms with Crippen LogP contribution in [0.15, 0.2) is 18.2 Å². The van der Waals surface area contributed by atoms with E-state index in [1.54, 1.807) is 11.9 Å². The van der Waals surface area contributed by atoms with Crippen molar-refractivity contribution < 1.29 is 14.5 Å². The fourth-order valence-electron chi connectivity index (χ4n) is 2.80. The number of carbonyl (C=O) groups excluding carboxylic acids is 1. The summed E-state index contributed by atoms with van der Waals surface area (Å²) in [6.07, 6.45) is 4.30. The van der Waals surface area contributed by atoms with Gasteiger partial charge < -0.3 is 9.64 Å². The molecule has 0 saturated heterocycles. The molecule has 0 spiro atoms. The monoisotopic (exact) mass is 340 g/mol. The molecule has 1 amide bonds. The van der Waals surface area contributed by atoms with Crippen LogP contribution in [0.2, 0.25) is 5.02 Å². The molecule has 1 saturated carbocycles. The topological polar surface area (TPSA) is 72.7 Å². The average molecular weight is 341 g/mol. The summed E-state index contributed by atoms with van der Waals surface area (Å²) in [5, 5.41) is 10.8. The first-order valence-corrected chi connectivity index (χ1v) is 8.08. The van der Waals surface area contributed by atoms with E-state index in [0.29, 0.717) is 0 Å². The minimum absolute atomic E-state index is 0.109. The molecule has 0 N–H and O–H groups in total. The van der Waals surface area contributed by atoms with Gasteiger partial charge in [-0.2, -0.15) is 0 Å². The van der Waals surface area contributed by atoms with Gasteiger partial charge in [0.15, 0.2) is 6.61 Å². The summed E-state index contributed by atoms with van der Waals surface area (Å²) in [6, 6.07) is 4.19. The number of likely N-dealkylation sites (N-methyl/N-ethyl adjacent to an activating group) is 1.